The fourth-order valence-corrected chi connectivity index (χ4v) is 5.53. The van der Waals surface area contributed by atoms with Gasteiger partial charge in [0.2, 0.25) is 0 Å². The average molecular weight is 567 g/mol. The molecule has 1 atom stereocenters. The summed E-state index contributed by atoms with van der Waals surface area (Å²) in [5.74, 6) is -2.09. The van der Waals surface area contributed by atoms with Crippen molar-refractivity contribution in [1.82, 2.24) is 4.98 Å². The van der Waals surface area contributed by atoms with Gasteiger partial charge in [0.25, 0.3) is 5.78 Å². The lowest BCUT2D eigenvalue weighted by atomic mass is 9.95. The van der Waals surface area contributed by atoms with E-state index in [9.17, 15) is 23.9 Å². The van der Waals surface area contributed by atoms with Crippen molar-refractivity contribution in [2.75, 3.05) is 18.1 Å². The lowest BCUT2D eigenvalue weighted by Gasteiger charge is -2.24. The Morgan fingerprint density at radius 1 is 1.07 bits per heavy atom. The zero-order valence-corrected chi connectivity index (χ0v) is 23.6. The molecule has 1 aliphatic heterocycles. The Hall–Kier alpha value is -4.05. The number of aromatic nitrogens is 1. The number of carbonyl (C=O) groups excluding carboxylic acids is 3. The van der Waals surface area contributed by atoms with Crippen LogP contribution < -0.4 is 14.4 Å². The van der Waals surface area contributed by atoms with Crippen molar-refractivity contribution in [3.8, 4) is 11.5 Å². The maximum absolute atomic E-state index is 13.6. The maximum Gasteiger partial charge on any atom is 0.301 e. The van der Waals surface area contributed by atoms with E-state index in [1.54, 1.807) is 25.1 Å². The van der Waals surface area contributed by atoms with Crippen LogP contribution in [0.5, 0.6) is 11.5 Å². The summed E-state index contributed by atoms with van der Waals surface area (Å²) < 4.78 is 25.4. The summed E-state index contributed by atoms with van der Waals surface area (Å²) in [6, 6.07) is 8.95. The molecular formula is C30H31FN2O6S. The number of ether oxygens (including phenoxy) is 2. The molecule has 0 radical (unpaired) electrons. The first-order valence-electron chi connectivity index (χ1n) is 13.1. The molecule has 0 saturated carbocycles. The number of anilines is 1. The topological polar surface area (TPSA) is 106 Å². The van der Waals surface area contributed by atoms with Crippen LogP contribution in [0.3, 0.4) is 0 Å². The lowest BCUT2D eigenvalue weighted by molar-refractivity contribution is -0.132. The van der Waals surface area contributed by atoms with Crippen molar-refractivity contribution in [2.45, 2.75) is 53.0 Å². The lowest BCUT2D eigenvalue weighted by Crippen LogP contribution is -2.29. The van der Waals surface area contributed by atoms with Gasteiger partial charge in [-0.25, -0.2) is 9.37 Å². The molecule has 210 valence electrons. The van der Waals surface area contributed by atoms with Crippen LogP contribution in [0.2, 0.25) is 0 Å². The number of thiazole rings is 1. The molecule has 10 heteroatoms. The number of Topliss-reactive ketones (excluding diaryl/α,β-unsaturated/α-hetero) is 2. The first-order valence-corrected chi connectivity index (χ1v) is 13.9. The second-order valence-electron chi connectivity index (χ2n) is 9.34. The fourth-order valence-electron chi connectivity index (χ4n) is 4.54. The van der Waals surface area contributed by atoms with Crippen LogP contribution in [0.25, 0.3) is 5.76 Å². The van der Waals surface area contributed by atoms with E-state index in [1.807, 2.05) is 6.92 Å². The largest absolute Gasteiger partial charge is 0.507 e. The summed E-state index contributed by atoms with van der Waals surface area (Å²) in [5.41, 5.74) is 0.875. The molecule has 1 N–H and O–H groups in total. The smallest absolute Gasteiger partial charge is 0.301 e. The van der Waals surface area contributed by atoms with Crippen molar-refractivity contribution < 1.29 is 33.4 Å². The number of carbonyl (C=O) groups is 3. The summed E-state index contributed by atoms with van der Waals surface area (Å²) in [6.07, 6.45) is 2.95. The number of benzene rings is 2. The first-order chi connectivity index (χ1) is 19.2. The highest BCUT2D eigenvalue weighted by Crippen LogP contribution is 2.45. The Morgan fingerprint density at radius 2 is 1.80 bits per heavy atom. The number of hydrogen-bond acceptors (Lipinski definition) is 8. The number of unbranched alkanes of at least 4 members (excludes halogenated alkanes) is 2. The first kappa shape index (κ1) is 28.9. The van der Waals surface area contributed by atoms with Gasteiger partial charge >= 0.3 is 5.91 Å². The molecule has 1 fully saturated rings. The molecule has 1 aliphatic rings. The molecule has 3 aromatic rings. The van der Waals surface area contributed by atoms with Crippen molar-refractivity contribution >= 4 is 39.7 Å². The van der Waals surface area contributed by atoms with Gasteiger partial charge in [0.05, 0.1) is 35.4 Å². The van der Waals surface area contributed by atoms with E-state index >= 15 is 0 Å². The number of nitrogens with zero attached hydrogens (tertiary/aromatic N) is 2. The molecule has 8 nitrogen and oxygen atoms in total. The monoisotopic (exact) mass is 566 g/mol. The van der Waals surface area contributed by atoms with Gasteiger partial charge < -0.3 is 14.6 Å². The molecule has 0 spiro atoms. The summed E-state index contributed by atoms with van der Waals surface area (Å²) >= 11 is 0.996. The van der Waals surface area contributed by atoms with E-state index in [2.05, 4.69) is 11.9 Å². The van der Waals surface area contributed by atoms with E-state index in [1.165, 1.54) is 24.0 Å². The third-order valence-electron chi connectivity index (χ3n) is 6.46. The van der Waals surface area contributed by atoms with Crippen molar-refractivity contribution in [1.29, 1.82) is 0 Å². The van der Waals surface area contributed by atoms with Crippen LogP contribution in [-0.2, 0) is 9.59 Å². The minimum Gasteiger partial charge on any atom is -0.507 e. The number of amides is 1. The highest BCUT2D eigenvalue weighted by molar-refractivity contribution is 7.18. The predicted octanol–water partition coefficient (Wildman–Crippen LogP) is 6.39. The van der Waals surface area contributed by atoms with Gasteiger partial charge in [-0.2, -0.15) is 0 Å². The van der Waals surface area contributed by atoms with Gasteiger partial charge in [-0.15, -0.1) is 0 Å². The van der Waals surface area contributed by atoms with Crippen LogP contribution >= 0.6 is 11.3 Å². The number of aliphatic hydroxyl groups is 1. The SMILES string of the molecule is CCCCCOc1ccc(C2/C(=C(\O)c3ccc(F)cc3)C(=O)C(=O)N2c2nc(C)c(C(C)=O)s2)cc1OCC. The Bertz CT molecular complexity index is 1460. The van der Waals surface area contributed by atoms with Crippen molar-refractivity contribution in [3.05, 3.63) is 75.6 Å². The van der Waals surface area contributed by atoms with Crippen LogP contribution in [0.15, 0.2) is 48.0 Å². The predicted molar refractivity (Wildman–Crippen MR) is 151 cm³/mol. The Balaban J connectivity index is 1.88. The molecule has 1 amide bonds. The van der Waals surface area contributed by atoms with E-state index in [-0.39, 0.29) is 22.1 Å². The molecule has 1 aromatic heterocycles. The number of halogens is 1. The van der Waals surface area contributed by atoms with Gasteiger partial charge in [0.15, 0.2) is 22.4 Å². The Labute approximate surface area is 236 Å². The van der Waals surface area contributed by atoms with Gasteiger partial charge in [0, 0.05) is 12.5 Å². The molecule has 2 heterocycles. The summed E-state index contributed by atoms with van der Waals surface area (Å²) in [6.45, 7) is 7.83. The summed E-state index contributed by atoms with van der Waals surface area (Å²) in [7, 11) is 0. The zero-order chi connectivity index (χ0) is 29.0. The number of aryl methyl sites for hydroxylation is 1. The van der Waals surface area contributed by atoms with Crippen LogP contribution in [0, 0.1) is 12.7 Å². The second kappa shape index (κ2) is 12.4. The molecule has 2 aromatic carbocycles. The minimum atomic E-state index is -1.09. The highest BCUT2D eigenvalue weighted by atomic mass is 32.1. The molecule has 0 aliphatic carbocycles. The van der Waals surface area contributed by atoms with Crippen molar-refractivity contribution in [2.24, 2.45) is 0 Å². The summed E-state index contributed by atoms with van der Waals surface area (Å²) in [4.78, 5) is 45.0. The average Bonchev–Trinajstić information content (AvgIpc) is 3.44. The maximum atomic E-state index is 13.6. The fraction of sp³-hybridized carbons (Fsp3) is 0.333. The van der Waals surface area contributed by atoms with Crippen LogP contribution in [0.4, 0.5) is 9.52 Å². The molecule has 1 unspecified atom stereocenters. The highest BCUT2D eigenvalue weighted by Gasteiger charge is 2.48. The van der Waals surface area contributed by atoms with E-state index in [4.69, 9.17) is 9.47 Å². The number of hydrogen-bond donors (Lipinski definition) is 1. The molecule has 1 saturated heterocycles. The Kier molecular flexibility index (Phi) is 8.99. The summed E-state index contributed by atoms with van der Waals surface area (Å²) in [5, 5.41) is 11.4. The molecule has 0 bridgehead atoms. The molecule has 4 rings (SSSR count). The standard InChI is InChI=1S/C30H31FN2O6S/c1-5-7-8-15-39-22-14-11-20(16-23(22)38-6-2)25-24(26(35)19-9-12-21(31)13-10-19)27(36)29(37)33(25)30-32-17(3)28(40-30)18(4)34/h9-14,16,25,35H,5-8,15H2,1-4H3/b26-24+. The van der Waals surface area contributed by atoms with E-state index in [0.29, 0.717) is 40.8 Å². The normalized spacial score (nSPS) is 16.4. The second-order valence-corrected chi connectivity index (χ2v) is 10.3. The Morgan fingerprint density at radius 3 is 2.42 bits per heavy atom. The van der Waals surface area contributed by atoms with Gasteiger partial charge in [0.1, 0.15) is 11.6 Å². The van der Waals surface area contributed by atoms with Gasteiger partial charge in [-0.05, 0) is 62.2 Å². The minimum absolute atomic E-state index is 0.144. The third kappa shape index (κ3) is 5.77. The molecular weight excluding hydrogens is 535 g/mol. The third-order valence-corrected chi connectivity index (χ3v) is 7.72. The van der Waals surface area contributed by atoms with Crippen molar-refractivity contribution in [3.63, 3.8) is 0 Å². The van der Waals surface area contributed by atoms with Gasteiger partial charge in [-0.3, -0.25) is 19.3 Å². The van der Waals surface area contributed by atoms with E-state index < -0.39 is 29.3 Å². The quantitative estimate of drug-likeness (QED) is 0.0943. The van der Waals surface area contributed by atoms with Crippen LogP contribution in [0.1, 0.15) is 72.6 Å². The zero-order valence-electron chi connectivity index (χ0n) is 22.8. The number of aliphatic hydroxyl groups excluding tert-OH is 1. The number of ketones is 2. The molecule has 40 heavy (non-hydrogen) atoms. The van der Waals surface area contributed by atoms with Crippen LogP contribution in [-0.4, -0.2) is 40.8 Å². The van der Waals surface area contributed by atoms with E-state index in [0.717, 1.165) is 42.7 Å². The van der Waals surface area contributed by atoms with Gasteiger partial charge in [-0.1, -0.05) is 37.2 Å². The number of rotatable bonds is 11.